The van der Waals surface area contributed by atoms with Crippen molar-refractivity contribution < 1.29 is 9.18 Å². The molecular formula is C26H23FN4O. The van der Waals surface area contributed by atoms with E-state index in [-0.39, 0.29) is 17.8 Å². The van der Waals surface area contributed by atoms with Gasteiger partial charge in [-0.05, 0) is 55.7 Å². The molecule has 0 N–H and O–H groups in total. The summed E-state index contributed by atoms with van der Waals surface area (Å²) in [6.45, 7) is 5.53. The molecule has 0 aliphatic heterocycles. The zero-order chi connectivity index (χ0) is 22.7. The highest BCUT2D eigenvalue weighted by atomic mass is 19.1. The van der Waals surface area contributed by atoms with Crippen LogP contribution in [0.2, 0.25) is 0 Å². The fourth-order valence-electron chi connectivity index (χ4n) is 3.60. The summed E-state index contributed by atoms with van der Waals surface area (Å²) >= 11 is 0. The van der Waals surface area contributed by atoms with Crippen LogP contribution in [0, 0.1) is 19.7 Å². The number of hydrogen-bond acceptors (Lipinski definition) is 4. The fourth-order valence-corrected chi connectivity index (χ4v) is 3.60. The molecule has 0 bridgehead atoms. The van der Waals surface area contributed by atoms with Crippen LogP contribution >= 0.6 is 0 Å². The highest BCUT2D eigenvalue weighted by Crippen LogP contribution is 2.24. The van der Waals surface area contributed by atoms with E-state index in [0.29, 0.717) is 11.3 Å². The van der Waals surface area contributed by atoms with E-state index in [2.05, 4.69) is 39.2 Å². The molecule has 6 heteroatoms. The van der Waals surface area contributed by atoms with Crippen molar-refractivity contribution in [3.05, 3.63) is 113 Å². The standard InChI is InChI=1S/C26H23FN4O/c1-4-23(19-6-9-22(10-7-19)31-15-17(2)30-16-31)20-5-8-21(29-12-20)11-26(32)24-13-28-14-25(27)18(24)3/h4-10,12-16H,11H2,1-3H3/b23-4-. The molecule has 0 saturated carbocycles. The van der Waals surface area contributed by atoms with Gasteiger partial charge in [0.15, 0.2) is 5.78 Å². The number of allylic oxidation sites excluding steroid dienone is 1. The number of hydrogen-bond donors (Lipinski definition) is 0. The number of carbonyl (C=O) groups excluding carboxylic acids is 1. The van der Waals surface area contributed by atoms with Gasteiger partial charge in [-0.1, -0.05) is 24.3 Å². The lowest BCUT2D eigenvalue weighted by molar-refractivity contribution is 0.0990. The Morgan fingerprint density at radius 1 is 1.00 bits per heavy atom. The van der Waals surface area contributed by atoms with Crippen LogP contribution < -0.4 is 0 Å². The molecule has 0 spiro atoms. The van der Waals surface area contributed by atoms with Crippen LogP contribution in [0.25, 0.3) is 11.3 Å². The van der Waals surface area contributed by atoms with Gasteiger partial charge in [-0.15, -0.1) is 0 Å². The van der Waals surface area contributed by atoms with Crippen molar-refractivity contribution in [2.75, 3.05) is 0 Å². The van der Waals surface area contributed by atoms with Crippen LogP contribution in [-0.4, -0.2) is 25.3 Å². The van der Waals surface area contributed by atoms with Gasteiger partial charge in [0.2, 0.25) is 0 Å². The van der Waals surface area contributed by atoms with Crippen molar-refractivity contribution in [3.63, 3.8) is 0 Å². The predicted molar refractivity (Wildman–Crippen MR) is 122 cm³/mol. The van der Waals surface area contributed by atoms with Crippen LogP contribution in [0.4, 0.5) is 4.39 Å². The summed E-state index contributed by atoms with van der Waals surface area (Å²) in [6.07, 6.45) is 10.2. The summed E-state index contributed by atoms with van der Waals surface area (Å²) in [6, 6.07) is 12.0. The average molecular weight is 426 g/mol. The predicted octanol–water partition coefficient (Wildman–Crippen LogP) is 5.30. The first kappa shape index (κ1) is 21.3. The number of ketones is 1. The van der Waals surface area contributed by atoms with Gasteiger partial charge < -0.3 is 4.57 Å². The monoisotopic (exact) mass is 426 g/mol. The summed E-state index contributed by atoms with van der Waals surface area (Å²) in [5.74, 6) is -0.683. The fraction of sp³-hybridized carbons (Fsp3) is 0.154. The second kappa shape index (κ2) is 9.06. The first-order valence-corrected chi connectivity index (χ1v) is 10.3. The van der Waals surface area contributed by atoms with E-state index in [9.17, 15) is 9.18 Å². The van der Waals surface area contributed by atoms with Gasteiger partial charge in [0.05, 0.1) is 24.6 Å². The van der Waals surface area contributed by atoms with Gasteiger partial charge in [-0.3, -0.25) is 14.8 Å². The van der Waals surface area contributed by atoms with Crippen LogP contribution in [0.5, 0.6) is 0 Å². The lowest BCUT2D eigenvalue weighted by Gasteiger charge is -2.10. The Bertz CT molecular complexity index is 1290. The summed E-state index contributed by atoms with van der Waals surface area (Å²) in [5.41, 5.74) is 6.32. The summed E-state index contributed by atoms with van der Waals surface area (Å²) in [5, 5.41) is 0. The molecule has 5 nitrogen and oxygen atoms in total. The Kier molecular flexibility index (Phi) is 6.03. The molecule has 0 radical (unpaired) electrons. The van der Waals surface area contributed by atoms with Gasteiger partial charge in [-0.25, -0.2) is 9.37 Å². The van der Waals surface area contributed by atoms with E-state index in [1.807, 2.05) is 42.8 Å². The number of aryl methyl sites for hydroxylation is 1. The Balaban J connectivity index is 1.51. The smallest absolute Gasteiger partial charge is 0.170 e. The van der Waals surface area contributed by atoms with E-state index in [1.54, 1.807) is 19.4 Å². The number of benzene rings is 1. The lowest BCUT2D eigenvalue weighted by atomic mass is 9.98. The first-order valence-electron chi connectivity index (χ1n) is 10.3. The number of pyridine rings is 2. The van der Waals surface area contributed by atoms with Gasteiger partial charge in [0.25, 0.3) is 0 Å². The van der Waals surface area contributed by atoms with Crippen molar-refractivity contribution in [1.82, 2.24) is 19.5 Å². The minimum absolute atomic E-state index is 0.0937. The molecule has 0 fully saturated rings. The Morgan fingerprint density at radius 3 is 2.38 bits per heavy atom. The molecule has 32 heavy (non-hydrogen) atoms. The molecule has 0 aliphatic rings. The number of rotatable bonds is 6. The molecule has 0 amide bonds. The van der Waals surface area contributed by atoms with E-state index in [4.69, 9.17) is 0 Å². The van der Waals surface area contributed by atoms with E-state index in [1.165, 1.54) is 6.20 Å². The molecule has 4 aromatic rings. The van der Waals surface area contributed by atoms with Gasteiger partial charge in [0.1, 0.15) is 5.82 Å². The summed E-state index contributed by atoms with van der Waals surface area (Å²) in [4.78, 5) is 25.1. The second-order valence-corrected chi connectivity index (χ2v) is 7.60. The van der Waals surface area contributed by atoms with Crippen LogP contribution in [-0.2, 0) is 6.42 Å². The molecular weight excluding hydrogens is 403 g/mol. The van der Waals surface area contributed by atoms with Crippen molar-refractivity contribution in [2.24, 2.45) is 0 Å². The van der Waals surface area contributed by atoms with E-state index < -0.39 is 5.82 Å². The van der Waals surface area contributed by atoms with Crippen molar-refractivity contribution in [3.8, 4) is 5.69 Å². The third kappa shape index (κ3) is 4.39. The Labute approximate surface area is 186 Å². The van der Waals surface area contributed by atoms with Crippen molar-refractivity contribution in [1.29, 1.82) is 0 Å². The number of imidazole rings is 1. The number of carbonyl (C=O) groups is 1. The summed E-state index contributed by atoms with van der Waals surface area (Å²) < 4.78 is 15.7. The lowest BCUT2D eigenvalue weighted by Crippen LogP contribution is -2.09. The molecule has 0 aliphatic carbocycles. The zero-order valence-electron chi connectivity index (χ0n) is 18.2. The molecule has 0 saturated heterocycles. The molecule has 1 aromatic carbocycles. The zero-order valence-corrected chi connectivity index (χ0v) is 18.2. The minimum Gasteiger partial charge on any atom is -0.306 e. The van der Waals surface area contributed by atoms with Gasteiger partial charge in [0, 0.05) is 41.1 Å². The topological polar surface area (TPSA) is 60.7 Å². The maximum Gasteiger partial charge on any atom is 0.170 e. The summed E-state index contributed by atoms with van der Waals surface area (Å²) in [7, 11) is 0. The molecule has 0 unspecified atom stereocenters. The van der Waals surface area contributed by atoms with E-state index >= 15 is 0 Å². The SMILES string of the molecule is C/C=C(/c1ccc(-n2cnc(C)c2)cc1)c1ccc(CC(=O)c2cncc(F)c2C)nc1. The van der Waals surface area contributed by atoms with Crippen LogP contribution in [0.3, 0.4) is 0 Å². The molecule has 0 atom stereocenters. The number of aromatic nitrogens is 4. The average Bonchev–Trinajstić information content (AvgIpc) is 3.24. The largest absolute Gasteiger partial charge is 0.306 e. The second-order valence-electron chi connectivity index (χ2n) is 7.60. The first-order chi connectivity index (χ1) is 15.5. The van der Waals surface area contributed by atoms with Crippen LogP contribution in [0.15, 0.2) is 73.6 Å². The minimum atomic E-state index is -0.480. The number of halogens is 1. The maximum atomic E-state index is 13.7. The highest BCUT2D eigenvalue weighted by Gasteiger charge is 2.14. The number of nitrogens with zero attached hydrogens (tertiary/aromatic N) is 4. The molecule has 3 aromatic heterocycles. The third-order valence-electron chi connectivity index (χ3n) is 5.41. The third-order valence-corrected chi connectivity index (χ3v) is 5.41. The van der Waals surface area contributed by atoms with Gasteiger partial charge >= 0.3 is 0 Å². The normalized spacial score (nSPS) is 11.6. The Morgan fingerprint density at radius 2 is 1.75 bits per heavy atom. The van der Waals surface area contributed by atoms with Crippen molar-refractivity contribution in [2.45, 2.75) is 27.2 Å². The van der Waals surface area contributed by atoms with E-state index in [0.717, 1.165) is 34.3 Å². The van der Waals surface area contributed by atoms with Gasteiger partial charge in [-0.2, -0.15) is 0 Å². The molecule has 4 rings (SSSR count). The highest BCUT2D eigenvalue weighted by molar-refractivity contribution is 5.98. The van der Waals surface area contributed by atoms with Crippen LogP contribution in [0.1, 0.15) is 45.4 Å². The Hall–Kier alpha value is -3.93. The quantitative estimate of drug-likeness (QED) is 0.393. The van der Waals surface area contributed by atoms with Crippen molar-refractivity contribution >= 4 is 11.4 Å². The number of Topliss-reactive ketones (excluding diaryl/α,β-unsaturated/α-hetero) is 1. The maximum absolute atomic E-state index is 13.7. The molecule has 160 valence electrons. The molecule has 3 heterocycles.